The van der Waals surface area contributed by atoms with Crippen LogP contribution in [0.3, 0.4) is 0 Å². The maximum Gasteiger partial charge on any atom is 0.0780 e. The first kappa shape index (κ1) is 5.16. The summed E-state index contributed by atoms with van der Waals surface area (Å²) in [7, 11) is 0. The molecule has 0 aromatic rings. The van der Waals surface area contributed by atoms with E-state index in [0.29, 0.717) is 0 Å². The molecule has 0 rings (SSSR count). The second-order valence-electron chi connectivity index (χ2n) is 1.08. The molecule has 0 aromatic carbocycles. The van der Waals surface area contributed by atoms with Crippen LogP contribution in [0.15, 0.2) is 0 Å². The molecule has 0 amide bonds. The molecule has 0 aliphatic heterocycles. The van der Waals surface area contributed by atoms with Gasteiger partial charge in [0.1, 0.15) is 0 Å². The van der Waals surface area contributed by atoms with Crippen molar-refractivity contribution in [2.24, 2.45) is 5.92 Å². The fraction of sp³-hybridized carbons (Fsp3) is 0.500. The molecule has 0 aliphatic rings. The maximum atomic E-state index is 7.93. The SMILES string of the molecule is CC(C#N)C=N. The first-order valence-corrected chi connectivity index (χ1v) is 1.71. The van der Waals surface area contributed by atoms with E-state index >= 15 is 0 Å². The third-order valence-corrected chi connectivity index (χ3v) is 0.454. The molecule has 0 saturated heterocycles. The van der Waals surface area contributed by atoms with Gasteiger partial charge in [0.2, 0.25) is 0 Å². The molecule has 0 bridgehead atoms. The lowest BCUT2D eigenvalue weighted by Gasteiger charge is -1.79. The minimum absolute atomic E-state index is 0.218. The van der Waals surface area contributed by atoms with Gasteiger partial charge in [-0.2, -0.15) is 5.26 Å². The van der Waals surface area contributed by atoms with Gasteiger partial charge in [0, 0.05) is 6.21 Å². The highest BCUT2D eigenvalue weighted by Gasteiger charge is 1.85. The van der Waals surface area contributed by atoms with Gasteiger partial charge in [-0.25, -0.2) is 0 Å². The van der Waals surface area contributed by atoms with Gasteiger partial charge >= 0.3 is 0 Å². The van der Waals surface area contributed by atoms with Crippen molar-refractivity contribution >= 4 is 6.21 Å². The molecule has 0 spiro atoms. The van der Waals surface area contributed by atoms with Crippen LogP contribution >= 0.6 is 0 Å². The molecule has 1 atom stereocenters. The Balaban J connectivity index is 3.30. The summed E-state index contributed by atoms with van der Waals surface area (Å²) < 4.78 is 0. The Morgan fingerprint density at radius 1 is 2.00 bits per heavy atom. The molecule has 0 radical (unpaired) electrons. The Morgan fingerprint density at radius 2 is 2.50 bits per heavy atom. The van der Waals surface area contributed by atoms with E-state index in [1.54, 1.807) is 6.92 Å². The molecule has 0 heterocycles. The van der Waals surface area contributed by atoms with E-state index in [1.165, 1.54) is 0 Å². The third-order valence-electron chi connectivity index (χ3n) is 0.454. The van der Waals surface area contributed by atoms with E-state index in [4.69, 9.17) is 10.7 Å². The van der Waals surface area contributed by atoms with Gasteiger partial charge in [0.05, 0.1) is 12.0 Å². The first-order chi connectivity index (χ1) is 2.81. The zero-order valence-electron chi connectivity index (χ0n) is 3.60. The van der Waals surface area contributed by atoms with E-state index in [2.05, 4.69) is 0 Å². The van der Waals surface area contributed by atoms with E-state index in [0.717, 1.165) is 6.21 Å². The van der Waals surface area contributed by atoms with E-state index < -0.39 is 0 Å². The summed E-state index contributed by atoms with van der Waals surface area (Å²) in [6.45, 7) is 1.67. The summed E-state index contributed by atoms with van der Waals surface area (Å²) in [6, 6.07) is 1.87. The highest BCUT2D eigenvalue weighted by atomic mass is 14.3. The quantitative estimate of drug-likeness (QED) is 0.467. The molecule has 6 heavy (non-hydrogen) atoms. The third kappa shape index (κ3) is 1.48. The van der Waals surface area contributed by atoms with Crippen molar-refractivity contribution in [2.75, 3.05) is 0 Å². The minimum Gasteiger partial charge on any atom is -0.312 e. The van der Waals surface area contributed by atoms with E-state index in [-0.39, 0.29) is 5.92 Å². The van der Waals surface area contributed by atoms with Gasteiger partial charge in [-0.05, 0) is 6.92 Å². The Morgan fingerprint density at radius 3 is 2.50 bits per heavy atom. The number of hydrogen-bond donors (Lipinski definition) is 1. The van der Waals surface area contributed by atoms with Gasteiger partial charge in [-0.3, -0.25) is 0 Å². The number of rotatable bonds is 1. The largest absolute Gasteiger partial charge is 0.312 e. The fourth-order valence-electron chi connectivity index (χ4n) is 0.0373. The summed E-state index contributed by atoms with van der Waals surface area (Å²) in [5.74, 6) is -0.218. The summed E-state index contributed by atoms with van der Waals surface area (Å²) in [4.78, 5) is 0. The predicted molar refractivity (Wildman–Crippen MR) is 23.6 cm³/mol. The molecule has 0 fully saturated rings. The molecule has 1 N–H and O–H groups in total. The summed E-state index contributed by atoms with van der Waals surface area (Å²) in [6.07, 6.45) is 1.11. The van der Waals surface area contributed by atoms with Crippen molar-refractivity contribution in [1.29, 1.82) is 10.7 Å². The van der Waals surface area contributed by atoms with Gasteiger partial charge in [0.15, 0.2) is 0 Å². The number of hydrogen-bond acceptors (Lipinski definition) is 2. The number of nitriles is 1. The second kappa shape index (κ2) is 2.40. The number of nitrogens with one attached hydrogen (secondary N) is 1. The molecule has 0 aromatic heterocycles. The standard InChI is InChI=1S/C4H6N2/c1-4(2-5)3-6/h2,4-5H,1H3. The van der Waals surface area contributed by atoms with Crippen LogP contribution in [0.5, 0.6) is 0 Å². The van der Waals surface area contributed by atoms with Crippen molar-refractivity contribution in [3.8, 4) is 6.07 Å². The van der Waals surface area contributed by atoms with Crippen LogP contribution in [-0.2, 0) is 0 Å². The molecular formula is C4H6N2. The topological polar surface area (TPSA) is 47.6 Å². The fourth-order valence-corrected chi connectivity index (χ4v) is 0.0373. The zero-order chi connectivity index (χ0) is 4.99. The average Bonchev–Trinajstić information content (AvgIpc) is 1.65. The Labute approximate surface area is 36.9 Å². The first-order valence-electron chi connectivity index (χ1n) is 1.71. The van der Waals surface area contributed by atoms with Crippen molar-refractivity contribution in [3.05, 3.63) is 0 Å². The summed E-state index contributed by atoms with van der Waals surface area (Å²) in [5, 5.41) is 14.4. The Bertz CT molecular complexity index is 80.0. The molecule has 0 aliphatic carbocycles. The smallest absolute Gasteiger partial charge is 0.0780 e. The molecular weight excluding hydrogens is 76.1 g/mol. The van der Waals surface area contributed by atoms with Gasteiger partial charge in [-0.15, -0.1) is 0 Å². The molecule has 2 nitrogen and oxygen atoms in total. The average molecular weight is 82.1 g/mol. The number of nitrogens with zero attached hydrogens (tertiary/aromatic N) is 1. The Hall–Kier alpha value is -0.840. The predicted octanol–water partition coefficient (Wildman–Crippen LogP) is 0.796. The van der Waals surface area contributed by atoms with Gasteiger partial charge < -0.3 is 5.41 Å². The summed E-state index contributed by atoms with van der Waals surface area (Å²) >= 11 is 0. The monoisotopic (exact) mass is 82.1 g/mol. The lowest BCUT2D eigenvalue weighted by Crippen LogP contribution is -1.85. The van der Waals surface area contributed by atoms with E-state index in [1.807, 2.05) is 6.07 Å². The van der Waals surface area contributed by atoms with Crippen molar-refractivity contribution < 1.29 is 0 Å². The van der Waals surface area contributed by atoms with Crippen LogP contribution in [0.1, 0.15) is 6.92 Å². The normalized spacial score (nSPS) is 12.0. The maximum absolute atomic E-state index is 7.93. The minimum atomic E-state index is -0.218. The van der Waals surface area contributed by atoms with Crippen molar-refractivity contribution in [1.82, 2.24) is 0 Å². The van der Waals surface area contributed by atoms with Crippen LogP contribution in [0.4, 0.5) is 0 Å². The molecule has 2 heteroatoms. The van der Waals surface area contributed by atoms with Crippen LogP contribution in [0.2, 0.25) is 0 Å². The van der Waals surface area contributed by atoms with E-state index in [9.17, 15) is 0 Å². The second-order valence-corrected chi connectivity index (χ2v) is 1.08. The lowest BCUT2D eigenvalue weighted by molar-refractivity contribution is 1.03. The van der Waals surface area contributed by atoms with Crippen LogP contribution < -0.4 is 0 Å². The zero-order valence-corrected chi connectivity index (χ0v) is 3.60. The molecule has 1 unspecified atom stereocenters. The highest BCUT2D eigenvalue weighted by molar-refractivity contribution is 5.59. The molecule has 32 valence electrons. The van der Waals surface area contributed by atoms with Crippen molar-refractivity contribution in [3.63, 3.8) is 0 Å². The van der Waals surface area contributed by atoms with Crippen molar-refractivity contribution in [2.45, 2.75) is 6.92 Å². The van der Waals surface area contributed by atoms with Crippen LogP contribution in [0.25, 0.3) is 0 Å². The highest BCUT2D eigenvalue weighted by Crippen LogP contribution is 1.79. The van der Waals surface area contributed by atoms with Crippen LogP contribution in [0, 0.1) is 22.7 Å². The lowest BCUT2D eigenvalue weighted by atomic mass is 10.2. The van der Waals surface area contributed by atoms with Gasteiger partial charge in [0.25, 0.3) is 0 Å². The molecule has 0 saturated carbocycles. The van der Waals surface area contributed by atoms with Gasteiger partial charge in [-0.1, -0.05) is 0 Å². The summed E-state index contributed by atoms with van der Waals surface area (Å²) in [5.41, 5.74) is 0. The van der Waals surface area contributed by atoms with Crippen LogP contribution in [-0.4, -0.2) is 6.21 Å². The Kier molecular flexibility index (Phi) is 2.06.